The number of benzene rings is 3. The Labute approximate surface area is 217 Å². The summed E-state index contributed by atoms with van der Waals surface area (Å²) in [6, 6.07) is 21.2. The number of ether oxygens (including phenoxy) is 2. The van der Waals surface area contributed by atoms with Crippen LogP contribution >= 0.6 is 11.8 Å². The maximum absolute atomic E-state index is 12.4. The van der Waals surface area contributed by atoms with Crippen molar-refractivity contribution >= 4 is 29.9 Å². The molecule has 3 aromatic carbocycles. The molecule has 188 valence electrons. The Morgan fingerprint density at radius 1 is 1.00 bits per heavy atom. The number of nitrogens with zero attached hydrogens (tertiary/aromatic N) is 4. The number of carboxylic acids is 1. The fourth-order valence-electron chi connectivity index (χ4n) is 3.47. The molecule has 0 aliphatic rings. The zero-order valence-electron chi connectivity index (χ0n) is 20.0. The summed E-state index contributed by atoms with van der Waals surface area (Å²) < 4.78 is 12.6. The lowest BCUT2D eigenvalue weighted by molar-refractivity contribution is -0.255. The summed E-state index contributed by atoms with van der Waals surface area (Å²) in [5.41, 5.74) is 4.27. The van der Waals surface area contributed by atoms with Gasteiger partial charge in [0.1, 0.15) is 0 Å². The van der Waals surface area contributed by atoms with Gasteiger partial charge in [-0.05, 0) is 30.3 Å². The van der Waals surface area contributed by atoms with Crippen molar-refractivity contribution < 1.29 is 24.2 Å². The smallest absolute Gasteiger partial charge is 0.250 e. The molecule has 11 heteroatoms. The van der Waals surface area contributed by atoms with Crippen LogP contribution in [-0.4, -0.2) is 52.8 Å². The van der Waals surface area contributed by atoms with Gasteiger partial charge in [-0.2, -0.15) is 5.10 Å². The summed E-state index contributed by atoms with van der Waals surface area (Å²) in [5, 5.41) is 24.3. The average molecular weight is 517 g/mol. The lowest BCUT2D eigenvalue weighted by atomic mass is 10.1. The number of amides is 1. The van der Waals surface area contributed by atoms with Crippen LogP contribution in [0.2, 0.25) is 0 Å². The fourth-order valence-corrected chi connectivity index (χ4v) is 4.21. The number of methoxy groups -OCH3 is 2. The van der Waals surface area contributed by atoms with Gasteiger partial charge in [0.05, 0.1) is 32.2 Å². The first-order valence-electron chi connectivity index (χ1n) is 11.0. The molecule has 4 rings (SSSR count). The van der Waals surface area contributed by atoms with Crippen molar-refractivity contribution in [2.45, 2.75) is 5.16 Å². The third-order valence-corrected chi connectivity index (χ3v) is 6.12. The maximum Gasteiger partial charge on any atom is 0.250 e. The van der Waals surface area contributed by atoms with Crippen molar-refractivity contribution in [2.75, 3.05) is 20.0 Å². The minimum absolute atomic E-state index is 0.00360. The van der Waals surface area contributed by atoms with E-state index < -0.39 is 11.9 Å². The van der Waals surface area contributed by atoms with Crippen LogP contribution in [0, 0.1) is 0 Å². The molecule has 0 unspecified atom stereocenters. The zero-order chi connectivity index (χ0) is 26.2. The lowest BCUT2D eigenvalue weighted by Gasteiger charge is -2.12. The SMILES string of the molecule is COc1ccc(-c2nnc(SCC(=O)N/N=C\c3ccccc3C(=O)[O-])n2-c2ccccc2)cc1OC. The quantitative estimate of drug-likeness (QED) is 0.193. The number of aromatic carboxylic acids is 1. The second kappa shape index (κ2) is 11.9. The number of aromatic nitrogens is 3. The summed E-state index contributed by atoms with van der Waals surface area (Å²) in [6.07, 6.45) is 1.26. The highest BCUT2D eigenvalue weighted by atomic mass is 32.2. The van der Waals surface area contributed by atoms with E-state index in [-0.39, 0.29) is 11.3 Å². The topological polar surface area (TPSA) is 131 Å². The van der Waals surface area contributed by atoms with E-state index in [0.29, 0.717) is 28.0 Å². The van der Waals surface area contributed by atoms with Gasteiger partial charge in [-0.15, -0.1) is 10.2 Å². The molecule has 0 saturated heterocycles. The Morgan fingerprint density at radius 2 is 1.73 bits per heavy atom. The van der Waals surface area contributed by atoms with E-state index >= 15 is 0 Å². The molecule has 10 nitrogen and oxygen atoms in total. The first-order chi connectivity index (χ1) is 18.0. The van der Waals surface area contributed by atoms with Crippen molar-refractivity contribution in [2.24, 2.45) is 5.10 Å². The molecule has 0 fully saturated rings. The molecule has 0 spiro atoms. The number of carbonyl (C=O) groups is 2. The normalized spacial score (nSPS) is 10.9. The van der Waals surface area contributed by atoms with Crippen LogP contribution in [-0.2, 0) is 4.79 Å². The molecule has 4 aromatic rings. The first kappa shape index (κ1) is 25.5. The zero-order valence-corrected chi connectivity index (χ0v) is 20.8. The van der Waals surface area contributed by atoms with E-state index in [1.54, 1.807) is 38.5 Å². The molecular formula is C26H22N5O5S-. The van der Waals surface area contributed by atoms with Gasteiger partial charge in [-0.3, -0.25) is 9.36 Å². The second-order valence-electron chi connectivity index (χ2n) is 7.50. The standard InChI is InChI=1S/C26H23N5O5S/c1-35-21-13-12-17(14-22(21)36-2)24-29-30-26(31(24)19-9-4-3-5-10-19)37-16-23(32)28-27-15-18-8-6-7-11-20(18)25(33)34/h3-15H,16H2,1-2H3,(H,28,32)(H,33,34)/p-1/b27-15-. The largest absolute Gasteiger partial charge is 0.545 e. The highest BCUT2D eigenvalue weighted by molar-refractivity contribution is 7.99. The number of hydrogen-bond donors (Lipinski definition) is 1. The Kier molecular flexibility index (Phi) is 8.16. The Morgan fingerprint density at radius 3 is 2.46 bits per heavy atom. The molecule has 0 aliphatic heterocycles. The van der Waals surface area contributed by atoms with Crippen LogP contribution < -0.4 is 20.0 Å². The van der Waals surface area contributed by atoms with E-state index in [1.807, 2.05) is 47.0 Å². The summed E-state index contributed by atoms with van der Waals surface area (Å²) in [7, 11) is 3.12. The molecule has 0 bridgehead atoms. The average Bonchev–Trinajstić information content (AvgIpc) is 3.36. The van der Waals surface area contributed by atoms with Gasteiger partial charge in [0.2, 0.25) is 0 Å². The van der Waals surface area contributed by atoms with Crippen molar-refractivity contribution in [1.29, 1.82) is 0 Å². The molecule has 1 N–H and O–H groups in total. The number of thioether (sulfide) groups is 1. The number of carbonyl (C=O) groups excluding carboxylic acids is 2. The highest BCUT2D eigenvalue weighted by Gasteiger charge is 2.18. The molecule has 37 heavy (non-hydrogen) atoms. The molecule has 1 aromatic heterocycles. The van der Waals surface area contributed by atoms with Gasteiger partial charge in [0.15, 0.2) is 22.5 Å². The number of nitrogens with one attached hydrogen (secondary N) is 1. The Balaban J connectivity index is 1.54. The predicted octanol–water partition coefficient (Wildman–Crippen LogP) is 2.56. The monoisotopic (exact) mass is 516 g/mol. The predicted molar refractivity (Wildman–Crippen MR) is 137 cm³/mol. The van der Waals surface area contributed by atoms with Crippen molar-refractivity contribution in [3.05, 3.63) is 83.9 Å². The molecule has 0 saturated carbocycles. The molecular weight excluding hydrogens is 494 g/mol. The van der Waals surface area contributed by atoms with E-state index in [1.165, 1.54) is 24.0 Å². The van der Waals surface area contributed by atoms with Gasteiger partial charge in [-0.25, -0.2) is 5.43 Å². The molecule has 0 radical (unpaired) electrons. The number of hydrazone groups is 1. The van der Waals surface area contributed by atoms with E-state index in [2.05, 4.69) is 20.7 Å². The second-order valence-corrected chi connectivity index (χ2v) is 8.45. The minimum atomic E-state index is -1.32. The Hall–Kier alpha value is -4.64. The number of rotatable bonds is 10. The van der Waals surface area contributed by atoms with E-state index in [9.17, 15) is 14.7 Å². The molecule has 0 aliphatic carbocycles. The summed E-state index contributed by atoms with van der Waals surface area (Å²) in [6.45, 7) is 0. The van der Waals surface area contributed by atoms with Gasteiger partial charge >= 0.3 is 0 Å². The fraction of sp³-hybridized carbons (Fsp3) is 0.115. The van der Waals surface area contributed by atoms with Crippen LogP contribution in [0.5, 0.6) is 11.5 Å². The van der Waals surface area contributed by atoms with Crippen LogP contribution in [0.25, 0.3) is 17.1 Å². The van der Waals surface area contributed by atoms with Crippen molar-refractivity contribution in [1.82, 2.24) is 20.2 Å². The van der Waals surface area contributed by atoms with E-state index in [0.717, 1.165) is 11.3 Å². The number of carboxylic acid groups (broad SMARTS) is 1. The summed E-state index contributed by atoms with van der Waals surface area (Å²) in [4.78, 5) is 23.6. The minimum Gasteiger partial charge on any atom is -0.545 e. The van der Waals surface area contributed by atoms with Crippen LogP contribution in [0.3, 0.4) is 0 Å². The molecule has 0 atom stereocenters. The van der Waals surface area contributed by atoms with E-state index in [4.69, 9.17) is 9.47 Å². The van der Waals surface area contributed by atoms with Crippen molar-refractivity contribution in [3.8, 4) is 28.6 Å². The summed E-state index contributed by atoms with van der Waals surface area (Å²) >= 11 is 1.18. The van der Waals surface area contributed by atoms with Crippen molar-refractivity contribution in [3.63, 3.8) is 0 Å². The Bertz CT molecular complexity index is 1440. The van der Waals surface area contributed by atoms with Crippen LogP contribution in [0.4, 0.5) is 0 Å². The van der Waals surface area contributed by atoms with Gasteiger partial charge < -0.3 is 19.4 Å². The number of hydrogen-bond acceptors (Lipinski definition) is 9. The van der Waals surface area contributed by atoms with Crippen LogP contribution in [0.15, 0.2) is 83.1 Å². The van der Waals surface area contributed by atoms with Gasteiger partial charge in [0.25, 0.3) is 5.91 Å². The summed E-state index contributed by atoms with van der Waals surface area (Å²) in [5.74, 6) is -0.0274. The number of para-hydroxylation sites is 1. The van der Waals surface area contributed by atoms with Gasteiger partial charge in [0, 0.05) is 22.4 Å². The van der Waals surface area contributed by atoms with Crippen LogP contribution in [0.1, 0.15) is 15.9 Å². The molecule has 1 heterocycles. The first-order valence-corrected chi connectivity index (χ1v) is 12.0. The third-order valence-electron chi connectivity index (χ3n) is 5.20. The lowest BCUT2D eigenvalue weighted by Crippen LogP contribution is -2.24. The van der Waals surface area contributed by atoms with Gasteiger partial charge in [-0.1, -0.05) is 54.2 Å². The highest BCUT2D eigenvalue weighted by Crippen LogP contribution is 2.34. The molecule has 1 amide bonds. The third kappa shape index (κ3) is 5.96. The maximum atomic E-state index is 12.4.